The van der Waals surface area contributed by atoms with Gasteiger partial charge in [-0.05, 0) is 12.8 Å². The molecule has 1 amide bonds. The zero-order valence-electron chi connectivity index (χ0n) is 10.5. The summed E-state index contributed by atoms with van der Waals surface area (Å²) in [6.07, 6.45) is -0.433. The molecule has 1 N–H and O–H groups in total. The molecule has 1 heterocycles. The van der Waals surface area contributed by atoms with Crippen molar-refractivity contribution in [1.29, 1.82) is 0 Å². The first-order chi connectivity index (χ1) is 9.39. The Labute approximate surface area is 118 Å². The Hall–Kier alpha value is -1.37. The summed E-state index contributed by atoms with van der Waals surface area (Å²) in [6, 6.07) is 0. The molecule has 8 heteroatoms. The minimum atomic E-state index is -4.37. The molecule has 110 valence electrons. The number of hydrogen-bond donors (Lipinski definition) is 1. The predicted octanol–water partition coefficient (Wildman–Crippen LogP) is 3.44. The van der Waals surface area contributed by atoms with Crippen LogP contribution in [0.25, 0.3) is 0 Å². The summed E-state index contributed by atoms with van der Waals surface area (Å²) in [5.74, 6) is -3.41. The van der Waals surface area contributed by atoms with Crippen molar-refractivity contribution in [3.05, 3.63) is 17.5 Å². The molecule has 2 atom stereocenters. The van der Waals surface area contributed by atoms with Gasteiger partial charge in [0.25, 0.3) is 0 Å². The van der Waals surface area contributed by atoms with Crippen LogP contribution in [0, 0.1) is 11.8 Å². The Bertz CT molecular complexity index is 495. The van der Waals surface area contributed by atoms with Crippen LogP contribution in [0.3, 0.4) is 0 Å². The Morgan fingerprint density at radius 3 is 2.55 bits per heavy atom. The number of nitrogens with one attached hydrogen (secondary N) is 1. The van der Waals surface area contributed by atoms with Gasteiger partial charge >= 0.3 is 6.18 Å². The molecule has 1 aromatic rings. The van der Waals surface area contributed by atoms with Gasteiger partial charge in [0.2, 0.25) is 5.91 Å². The van der Waals surface area contributed by atoms with E-state index in [9.17, 15) is 18.0 Å². The summed E-state index contributed by atoms with van der Waals surface area (Å²) >= 11 is 5.72. The maximum Gasteiger partial charge on any atom is 0.392 e. The van der Waals surface area contributed by atoms with Gasteiger partial charge < -0.3 is 5.32 Å². The summed E-state index contributed by atoms with van der Waals surface area (Å²) in [4.78, 5) is 19.5. The number of rotatable bonds is 2. The van der Waals surface area contributed by atoms with Crippen molar-refractivity contribution in [2.45, 2.75) is 31.9 Å². The second-order valence-corrected chi connectivity index (χ2v) is 5.08. The van der Waals surface area contributed by atoms with Crippen LogP contribution in [0.2, 0.25) is 5.15 Å². The van der Waals surface area contributed by atoms with E-state index in [1.54, 1.807) is 0 Å². The number of aromatic nitrogens is 2. The molecule has 0 saturated heterocycles. The van der Waals surface area contributed by atoms with Crippen molar-refractivity contribution in [3.63, 3.8) is 0 Å². The lowest BCUT2D eigenvalue weighted by Crippen LogP contribution is -2.39. The van der Waals surface area contributed by atoms with Gasteiger partial charge in [-0.15, -0.1) is 0 Å². The van der Waals surface area contributed by atoms with Crippen molar-refractivity contribution in [3.8, 4) is 0 Å². The van der Waals surface area contributed by atoms with Crippen LogP contribution in [0.1, 0.15) is 25.7 Å². The maximum atomic E-state index is 12.9. The first kappa shape index (κ1) is 15.0. The first-order valence-corrected chi connectivity index (χ1v) is 6.61. The molecule has 1 saturated carbocycles. The SMILES string of the molecule is O=C(Nc1nccnc1Cl)C1CCCCC1C(F)(F)F. The third-order valence-corrected chi connectivity index (χ3v) is 3.69. The van der Waals surface area contributed by atoms with Gasteiger partial charge in [-0.3, -0.25) is 4.79 Å². The molecule has 0 bridgehead atoms. The lowest BCUT2D eigenvalue weighted by molar-refractivity contribution is -0.197. The molecule has 2 unspecified atom stereocenters. The van der Waals surface area contributed by atoms with E-state index in [0.29, 0.717) is 12.8 Å². The highest BCUT2D eigenvalue weighted by Gasteiger charge is 2.48. The average molecular weight is 308 g/mol. The number of carbonyl (C=O) groups excluding carboxylic acids is 1. The number of amides is 1. The normalized spacial score (nSPS) is 23.4. The largest absolute Gasteiger partial charge is 0.392 e. The third-order valence-electron chi connectivity index (χ3n) is 3.42. The van der Waals surface area contributed by atoms with E-state index in [-0.39, 0.29) is 23.8 Å². The van der Waals surface area contributed by atoms with Crippen LogP contribution in [0.15, 0.2) is 12.4 Å². The summed E-state index contributed by atoms with van der Waals surface area (Å²) in [6.45, 7) is 0. The fraction of sp³-hybridized carbons (Fsp3) is 0.583. The highest BCUT2D eigenvalue weighted by Crippen LogP contribution is 2.41. The van der Waals surface area contributed by atoms with Crippen molar-refractivity contribution in [2.75, 3.05) is 5.32 Å². The average Bonchev–Trinajstić information content (AvgIpc) is 2.40. The molecular weight excluding hydrogens is 295 g/mol. The fourth-order valence-electron chi connectivity index (χ4n) is 2.45. The van der Waals surface area contributed by atoms with Gasteiger partial charge in [-0.25, -0.2) is 9.97 Å². The van der Waals surface area contributed by atoms with E-state index in [0.717, 1.165) is 0 Å². The van der Waals surface area contributed by atoms with Gasteiger partial charge in [0, 0.05) is 18.3 Å². The highest BCUT2D eigenvalue weighted by atomic mass is 35.5. The number of hydrogen-bond acceptors (Lipinski definition) is 3. The second kappa shape index (κ2) is 5.95. The van der Waals surface area contributed by atoms with Gasteiger partial charge in [-0.2, -0.15) is 13.2 Å². The molecule has 1 aliphatic carbocycles. The second-order valence-electron chi connectivity index (χ2n) is 4.72. The first-order valence-electron chi connectivity index (χ1n) is 6.23. The number of carbonyl (C=O) groups is 1. The lowest BCUT2D eigenvalue weighted by Gasteiger charge is -2.31. The molecule has 1 aliphatic rings. The summed E-state index contributed by atoms with van der Waals surface area (Å²) < 4.78 is 38.8. The van der Waals surface area contributed by atoms with Crippen LogP contribution < -0.4 is 5.32 Å². The third kappa shape index (κ3) is 3.39. The fourth-order valence-corrected chi connectivity index (χ4v) is 2.60. The number of alkyl halides is 3. The number of halogens is 4. The summed E-state index contributed by atoms with van der Waals surface area (Å²) in [5.41, 5.74) is 0. The topological polar surface area (TPSA) is 54.9 Å². The van der Waals surface area contributed by atoms with E-state index in [1.807, 2.05) is 0 Å². The standard InChI is InChI=1S/C12H13ClF3N3O/c13-9-10(18-6-5-17-9)19-11(20)7-3-1-2-4-8(7)12(14,15)16/h5-8H,1-4H2,(H,18,19,20). The smallest absolute Gasteiger partial charge is 0.308 e. The molecule has 0 aliphatic heterocycles. The van der Waals surface area contributed by atoms with E-state index in [1.165, 1.54) is 12.4 Å². The van der Waals surface area contributed by atoms with Crippen molar-refractivity contribution in [1.82, 2.24) is 9.97 Å². The van der Waals surface area contributed by atoms with Crippen LogP contribution >= 0.6 is 11.6 Å². The van der Waals surface area contributed by atoms with Gasteiger partial charge in [0.15, 0.2) is 11.0 Å². The lowest BCUT2D eigenvalue weighted by atomic mass is 9.78. The van der Waals surface area contributed by atoms with Crippen LogP contribution in [-0.2, 0) is 4.79 Å². The number of nitrogens with zero attached hydrogens (tertiary/aromatic N) is 2. The quantitative estimate of drug-likeness (QED) is 0.910. The molecule has 0 spiro atoms. The Morgan fingerprint density at radius 2 is 1.90 bits per heavy atom. The Morgan fingerprint density at radius 1 is 1.25 bits per heavy atom. The number of anilines is 1. The maximum absolute atomic E-state index is 12.9. The molecule has 1 fully saturated rings. The van der Waals surface area contributed by atoms with Crippen LogP contribution in [-0.4, -0.2) is 22.1 Å². The van der Waals surface area contributed by atoms with Gasteiger partial charge in [-0.1, -0.05) is 24.4 Å². The Kier molecular flexibility index (Phi) is 4.47. The minimum Gasteiger partial charge on any atom is -0.308 e. The molecule has 0 aromatic carbocycles. The van der Waals surface area contributed by atoms with E-state index >= 15 is 0 Å². The zero-order valence-corrected chi connectivity index (χ0v) is 11.2. The zero-order chi connectivity index (χ0) is 14.8. The van der Waals surface area contributed by atoms with Crippen molar-refractivity contribution >= 4 is 23.3 Å². The summed E-state index contributed by atoms with van der Waals surface area (Å²) in [5, 5.41) is 2.30. The van der Waals surface area contributed by atoms with Crippen molar-refractivity contribution in [2.24, 2.45) is 11.8 Å². The minimum absolute atomic E-state index is 0.00864. The molecule has 4 nitrogen and oxygen atoms in total. The van der Waals surface area contributed by atoms with E-state index < -0.39 is 23.9 Å². The molecule has 2 rings (SSSR count). The highest BCUT2D eigenvalue weighted by molar-refractivity contribution is 6.32. The van der Waals surface area contributed by atoms with Gasteiger partial charge in [0.1, 0.15) is 0 Å². The summed E-state index contributed by atoms with van der Waals surface area (Å²) in [7, 11) is 0. The Balaban J connectivity index is 2.13. The predicted molar refractivity (Wildman–Crippen MR) is 67.2 cm³/mol. The van der Waals surface area contributed by atoms with Crippen molar-refractivity contribution < 1.29 is 18.0 Å². The molecular formula is C12H13ClF3N3O. The van der Waals surface area contributed by atoms with E-state index in [4.69, 9.17) is 11.6 Å². The molecule has 1 aromatic heterocycles. The van der Waals surface area contributed by atoms with Crippen LogP contribution in [0.4, 0.5) is 19.0 Å². The monoisotopic (exact) mass is 307 g/mol. The molecule has 20 heavy (non-hydrogen) atoms. The van der Waals surface area contributed by atoms with Gasteiger partial charge in [0.05, 0.1) is 5.92 Å². The van der Waals surface area contributed by atoms with Crippen LogP contribution in [0.5, 0.6) is 0 Å². The molecule has 0 radical (unpaired) electrons. The van der Waals surface area contributed by atoms with E-state index in [2.05, 4.69) is 15.3 Å².